The van der Waals surface area contributed by atoms with Crippen LogP contribution in [0.3, 0.4) is 0 Å². The number of ether oxygens (including phenoxy) is 1. The predicted octanol–water partition coefficient (Wildman–Crippen LogP) is 4.66. The number of hydrogen-bond acceptors (Lipinski definition) is 4. The zero-order valence-corrected chi connectivity index (χ0v) is 14.8. The van der Waals surface area contributed by atoms with Crippen molar-refractivity contribution in [3.63, 3.8) is 0 Å². The van der Waals surface area contributed by atoms with Crippen LogP contribution in [0.2, 0.25) is 0 Å². The molecule has 0 aliphatic heterocycles. The van der Waals surface area contributed by atoms with Crippen molar-refractivity contribution in [1.29, 1.82) is 0 Å². The lowest BCUT2D eigenvalue weighted by atomic mass is 10.2. The highest BCUT2D eigenvalue weighted by Gasteiger charge is 2.30. The Bertz CT molecular complexity index is 810. The van der Waals surface area contributed by atoms with Crippen molar-refractivity contribution in [2.24, 2.45) is 0 Å². The Morgan fingerprint density at radius 3 is 2.35 bits per heavy atom. The summed E-state index contributed by atoms with van der Waals surface area (Å²) in [5, 5.41) is 2.40. The maximum absolute atomic E-state index is 12.5. The van der Waals surface area contributed by atoms with Gasteiger partial charge in [0.05, 0.1) is 5.56 Å². The molecule has 0 saturated heterocycles. The number of thiophene rings is 1. The topological polar surface area (TPSA) is 55.4 Å². The number of amides is 1. The minimum Gasteiger partial charge on any atom is -0.449 e. The van der Waals surface area contributed by atoms with Crippen LogP contribution in [-0.4, -0.2) is 18.0 Å². The molecule has 1 unspecified atom stereocenters. The summed E-state index contributed by atoms with van der Waals surface area (Å²) in [5.74, 6) is -1.33. The molecule has 1 N–H and O–H groups in total. The van der Waals surface area contributed by atoms with E-state index in [9.17, 15) is 22.8 Å². The monoisotopic (exact) mass is 383 g/mol. The van der Waals surface area contributed by atoms with Crippen LogP contribution in [-0.2, 0) is 20.5 Å². The Morgan fingerprint density at radius 2 is 1.81 bits per heavy atom. The number of rotatable bonds is 5. The van der Waals surface area contributed by atoms with Gasteiger partial charge in [0.25, 0.3) is 5.91 Å². The highest BCUT2D eigenvalue weighted by molar-refractivity contribution is 7.12. The molecular weight excluding hydrogens is 367 g/mol. The Labute approximate surface area is 152 Å². The van der Waals surface area contributed by atoms with Crippen molar-refractivity contribution in [2.75, 3.05) is 5.32 Å². The molecule has 1 amide bonds. The number of anilines is 1. The molecule has 0 spiro atoms. The summed E-state index contributed by atoms with van der Waals surface area (Å²) in [7, 11) is 0. The summed E-state index contributed by atoms with van der Waals surface area (Å²) in [4.78, 5) is 25.7. The Kier molecular flexibility index (Phi) is 6.20. The number of aryl methyl sites for hydroxylation is 1. The molecule has 1 aromatic carbocycles. The third-order valence-electron chi connectivity index (χ3n) is 3.29. The third-order valence-corrected chi connectivity index (χ3v) is 4.25. The molecule has 8 heteroatoms. The predicted molar refractivity (Wildman–Crippen MR) is 93.7 cm³/mol. The van der Waals surface area contributed by atoms with Gasteiger partial charge in [-0.2, -0.15) is 13.2 Å². The molecule has 0 saturated carbocycles. The first-order valence-corrected chi connectivity index (χ1v) is 8.40. The summed E-state index contributed by atoms with van der Waals surface area (Å²) in [5.41, 5.74) is -0.639. The van der Waals surface area contributed by atoms with E-state index in [0.29, 0.717) is 0 Å². The minimum absolute atomic E-state index is 0.176. The molecule has 1 atom stereocenters. The molecule has 2 aromatic rings. The average molecular weight is 383 g/mol. The fourth-order valence-electron chi connectivity index (χ4n) is 1.95. The molecule has 1 aromatic heterocycles. The molecule has 4 nitrogen and oxygen atoms in total. The smallest absolute Gasteiger partial charge is 0.416 e. The minimum atomic E-state index is -4.45. The van der Waals surface area contributed by atoms with Crippen LogP contribution in [0, 0.1) is 6.92 Å². The summed E-state index contributed by atoms with van der Waals surface area (Å²) < 4.78 is 42.5. The van der Waals surface area contributed by atoms with Crippen molar-refractivity contribution in [3.05, 3.63) is 57.8 Å². The summed E-state index contributed by atoms with van der Waals surface area (Å²) in [6.45, 7) is 3.31. The number of esters is 1. The van der Waals surface area contributed by atoms with Gasteiger partial charge in [-0.3, -0.25) is 4.79 Å². The van der Waals surface area contributed by atoms with E-state index < -0.39 is 29.7 Å². The number of benzene rings is 1. The van der Waals surface area contributed by atoms with E-state index in [0.717, 1.165) is 34.0 Å². The van der Waals surface area contributed by atoms with Crippen LogP contribution >= 0.6 is 11.3 Å². The van der Waals surface area contributed by atoms with Gasteiger partial charge in [0, 0.05) is 21.5 Å². The van der Waals surface area contributed by atoms with E-state index >= 15 is 0 Å². The number of nitrogens with one attached hydrogen (secondary N) is 1. The largest absolute Gasteiger partial charge is 0.449 e. The van der Waals surface area contributed by atoms with Crippen LogP contribution in [0.25, 0.3) is 6.08 Å². The number of alkyl halides is 3. The molecule has 2 rings (SSSR count). The van der Waals surface area contributed by atoms with Crippen LogP contribution in [0.1, 0.15) is 22.2 Å². The Hall–Kier alpha value is -2.61. The van der Waals surface area contributed by atoms with Crippen LogP contribution in [0.4, 0.5) is 18.9 Å². The van der Waals surface area contributed by atoms with E-state index in [-0.39, 0.29) is 5.69 Å². The second-order valence-electron chi connectivity index (χ2n) is 5.43. The van der Waals surface area contributed by atoms with Gasteiger partial charge in [0.2, 0.25) is 0 Å². The van der Waals surface area contributed by atoms with Gasteiger partial charge < -0.3 is 10.1 Å². The first-order valence-electron chi connectivity index (χ1n) is 7.58. The first-order chi connectivity index (χ1) is 12.1. The first kappa shape index (κ1) is 19.7. The van der Waals surface area contributed by atoms with Gasteiger partial charge in [-0.05, 0) is 56.3 Å². The maximum Gasteiger partial charge on any atom is 0.416 e. The number of carbonyl (C=O) groups is 2. The maximum atomic E-state index is 12.5. The SMILES string of the molecule is Cc1ccc(/C=C/C(=O)OC(C)C(=O)Nc2ccc(C(F)(F)F)cc2)s1. The van der Waals surface area contributed by atoms with Gasteiger partial charge in [0.15, 0.2) is 6.10 Å². The molecule has 138 valence electrons. The van der Waals surface area contributed by atoms with Gasteiger partial charge in [-0.15, -0.1) is 11.3 Å². The van der Waals surface area contributed by atoms with Crippen molar-refractivity contribution < 1.29 is 27.5 Å². The summed E-state index contributed by atoms with van der Waals surface area (Å²) in [6.07, 6.45) is -2.74. The van der Waals surface area contributed by atoms with Gasteiger partial charge in [0.1, 0.15) is 0 Å². The number of hydrogen-bond donors (Lipinski definition) is 1. The zero-order chi connectivity index (χ0) is 19.3. The molecule has 0 bridgehead atoms. The molecule has 0 aliphatic rings. The number of halogens is 3. The van der Waals surface area contributed by atoms with Crippen molar-refractivity contribution in [3.8, 4) is 0 Å². The molecule has 0 fully saturated rings. The van der Waals surface area contributed by atoms with E-state index in [2.05, 4.69) is 5.32 Å². The summed E-state index contributed by atoms with van der Waals surface area (Å²) >= 11 is 1.51. The van der Waals surface area contributed by atoms with E-state index in [1.54, 1.807) is 6.08 Å². The Morgan fingerprint density at radius 1 is 1.15 bits per heavy atom. The molecule has 0 radical (unpaired) electrons. The highest BCUT2D eigenvalue weighted by atomic mass is 32.1. The third kappa shape index (κ3) is 5.73. The van der Waals surface area contributed by atoms with Gasteiger partial charge in [-0.25, -0.2) is 4.79 Å². The number of carbonyl (C=O) groups excluding carboxylic acids is 2. The molecule has 1 heterocycles. The van der Waals surface area contributed by atoms with E-state index in [4.69, 9.17) is 4.74 Å². The molecule has 26 heavy (non-hydrogen) atoms. The van der Waals surface area contributed by atoms with E-state index in [1.165, 1.54) is 24.3 Å². The fourth-order valence-corrected chi connectivity index (χ4v) is 2.73. The molecule has 0 aliphatic carbocycles. The van der Waals surface area contributed by atoms with Crippen LogP contribution in [0.15, 0.2) is 42.5 Å². The van der Waals surface area contributed by atoms with Crippen LogP contribution < -0.4 is 5.32 Å². The van der Waals surface area contributed by atoms with Gasteiger partial charge in [-0.1, -0.05) is 0 Å². The lowest BCUT2D eigenvalue weighted by molar-refractivity contribution is -0.148. The fraction of sp³-hybridized carbons (Fsp3) is 0.222. The van der Waals surface area contributed by atoms with Gasteiger partial charge >= 0.3 is 12.1 Å². The lowest BCUT2D eigenvalue weighted by Gasteiger charge is -2.13. The quantitative estimate of drug-likeness (QED) is 0.604. The Balaban J connectivity index is 1.88. The highest BCUT2D eigenvalue weighted by Crippen LogP contribution is 2.29. The molecular formula is C18H16F3NO3S. The van der Waals surface area contributed by atoms with Crippen LogP contribution in [0.5, 0.6) is 0 Å². The average Bonchev–Trinajstić information content (AvgIpc) is 2.98. The van der Waals surface area contributed by atoms with E-state index in [1.807, 2.05) is 19.1 Å². The van der Waals surface area contributed by atoms with Crippen molar-refractivity contribution >= 4 is 35.0 Å². The zero-order valence-electron chi connectivity index (χ0n) is 14.0. The second-order valence-corrected chi connectivity index (χ2v) is 6.74. The normalized spacial score (nSPS) is 12.8. The van der Waals surface area contributed by atoms with Crippen molar-refractivity contribution in [2.45, 2.75) is 26.1 Å². The lowest BCUT2D eigenvalue weighted by Crippen LogP contribution is -2.29. The standard InChI is InChI=1S/C18H16F3NO3S/c1-11-3-8-15(26-11)9-10-16(23)25-12(2)17(24)22-14-6-4-13(5-7-14)18(19,20)21/h3-10,12H,1-2H3,(H,22,24)/b10-9+. The summed E-state index contributed by atoms with van der Waals surface area (Å²) in [6, 6.07) is 7.75. The second kappa shape index (κ2) is 8.18. The van der Waals surface area contributed by atoms with Crippen molar-refractivity contribution in [1.82, 2.24) is 0 Å².